The number of sulfonamides is 2. The van der Waals surface area contributed by atoms with Gasteiger partial charge in [0, 0.05) is 13.1 Å². The van der Waals surface area contributed by atoms with Gasteiger partial charge in [0.15, 0.2) is 0 Å². The summed E-state index contributed by atoms with van der Waals surface area (Å²) in [5.74, 6) is -2.09. The van der Waals surface area contributed by atoms with Crippen molar-refractivity contribution in [2.45, 2.75) is 102 Å². The van der Waals surface area contributed by atoms with Crippen LogP contribution >= 0.6 is 0 Å². The molecule has 16 nitrogen and oxygen atoms in total. The van der Waals surface area contributed by atoms with E-state index in [0.717, 1.165) is 46.4 Å². The first kappa shape index (κ1) is 66.9. The van der Waals surface area contributed by atoms with E-state index >= 15 is 0 Å². The molecule has 0 bridgehead atoms. The molecule has 6 aromatic rings. The summed E-state index contributed by atoms with van der Waals surface area (Å²) in [5.41, 5.74) is 0.987. The topological polar surface area (TPSA) is 250 Å². The largest absolute Gasteiger partial charge is 0.462 e. The predicted molar refractivity (Wildman–Crippen MR) is 342 cm³/mol. The highest BCUT2D eigenvalue weighted by molar-refractivity contribution is 7.89. The molecule has 6 N–H and O–H groups in total. The van der Waals surface area contributed by atoms with Gasteiger partial charge in [-0.2, -0.15) is 0 Å². The normalized spacial score (nSPS) is 17.9. The minimum Gasteiger partial charge on any atom is -0.462 e. The molecule has 86 heavy (non-hydrogen) atoms. The van der Waals surface area contributed by atoms with Gasteiger partial charge in [0.05, 0.1) is 60.9 Å². The van der Waals surface area contributed by atoms with Gasteiger partial charge < -0.3 is 29.0 Å². The molecule has 460 valence electrons. The maximum Gasteiger partial charge on any atom is 0.338 e. The molecule has 0 aliphatic heterocycles. The summed E-state index contributed by atoms with van der Waals surface area (Å²) in [6.07, 6.45) is 2.44. The molecule has 20 heteroatoms. The van der Waals surface area contributed by atoms with Crippen LogP contribution in [0, 0.1) is 23.7 Å². The Morgan fingerprint density at radius 2 is 0.721 bits per heavy atom. The van der Waals surface area contributed by atoms with Crippen LogP contribution in [0.1, 0.15) is 101 Å². The number of rotatable bonds is 26. The van der Waals surface area contributed by atoms with Crippen LogP contribution in [0.3, 0.4) is 0 Å². The van der Waals surface area contributed by atoms with E-state index in [1.165, 1.54) is 0 Å². The average molecular weight is 1250 g/mol. The Kier molecular flexibility index (Phi) is 23.2. The van der Waals surface area contributed by atoms with Gasteiger partial charge >= 0.3 is 11.9 Å². The van der Waals surface area contributed by atoms with Crippen LogP contribution in [0.5, 0.6) is 0 Å². The van der Waals surface area contributed by atoms with Gasteiger partial charge in [-0.15, -0.1) is 0 Å². The third-order valence-corrected chi connectivity index (χ3v) is 28.1. The van der Waals surface area contributed by atoms with Crippen molar-refractivity contribution in [2.75, 3.05) is 37.8 Å². The number of primary sulfonamides is 2. The van der Waals surface area contributed by atoms with Crippen LogP contribution in [0.25, 0.3) is 0 Å². The lowest BCUT2D eigenvalue weighted by Crippen LogP contribution is -2.68. The Hall–Kier alpha value is -6.63. The molecule has 0 spiro atoms. The van der Waals surface area contributed by atoms with E-state index in [0.29, 0.717) is 11.1 Å². The highest BCUT2D eigenvalue weighted by Gasteiger charge is 2.55. The van der Waals surface area contributed by atoms with Crippen LogP contribution in [-0.2, 0) is 48.0 Å². The average Bonchev–Trinajstić information content (AvgIpc) is 1.14. The predicted octanol–water partition coefficient (Wildman–Crippen LogP) is 7.22. The van der Waals surface area contributed by atoms with Crippen molar-refractivity contribution in [2.24, 2.45) is 33.9 Å². The summed E-state index contributed by atoms with van der Waals surface area (Å²) in [5, 5.41) is 19.5. The number of esters is 2. The fourth-order valence-electron chi connectivity index (χ4n) is 11.8. The van der Waals surface area contributed by atoms with E-state index in [1.807, 2.05) is 84.9 Å². The van der Waals surface area contributed by atoms with Crippen molar-refractivity contribution in [1.29, 1.82) is 0 Å². The van der Waals surface area contributed by atoms with Crippen molar-refractivity contribution >= 4 is 81.2 Å². The Morgan fingerprint density at radius 3 is 0.953 bits per heavy atom. The van der Waals surface area contributed by atoms with E-state index in [9.17, 15) is 36.0 Å². The molecule has 2 aliphatic carbocycles. The summed E-state index contributed by atoms with van der Waals surface area (Å²) < 4.78 is 72.1. The molecule has 6 atom stereocenters. The first-order valence-electron chi connectivity index (χ1n) is 29.4. The molecule has 2 amide bonds. The second-order valence-corrected chi connectivity index (χ2v) is 36.4. The quantitative estimate of drug-likeness (QED) is 0.0311. The van der Waals surface area contributed by atoms with E-state index in [1.54, 1.807) is 48.5 Å². The first-order chi connectivity index (χ1) is 40.8. The summed E-state index contributed by atoms with van der Waals surface area (Å²) in [4.78, 5) is 51.9. The summed E-state index contributed by atoms with van der Waals surface area (Å²) in [7, 11) is -13.5. The minimum absolute atomic E-state index is 0.0214. The van der Waals surface area contributed by atoms with Crippen molar-refractivity contribution in [3.63, 3.8) is 0 Å². The minimum atomic E-state index is -3.71. The van der Waals surface area contributed by atoms with Crippen molar-refractivity contribution in [3.05, 3.63) is 193 Å². The summed E-state index contributed by atoms with van der Waals surface area (Å²) >= 11 is 0. The maximum atomic E-state index is 13.3. The third kappa shape index (κ3) is 17.8. The van der Waals surface area contributed by atoms with Gasteiger partial charge in [-0.05, 0) is 104 Å². The zero-order valence-electron chi connectivity index (χ0n) is 50.1. The molecular formula is C66H84N4O12S2Si2. The van der Waals surface area contributed by atoms with Gasteiger partial charge in [-0.3, -0.25) is 9.59 Å². The van der Waals surface area contributed by atoms with Crippen LogP contribution in [0.2, 0.25) is 10.1 Å². The van der Waals surface area contributed by atoms with Gasteiger partial charge in [0.2, 0.25) is 31.9 Å². The fraction of sp³-hybridized carbons (Fsp3) is 0.394. The molecular weight excluding hydrogens is 1160 g/mol. The second kappa shape index (κ2) is 29.9. The van der Waals surface area contributed by atoms with E-state index in [-0.39, 0.29) is 108 Å². The number of carbonyl (C=O) groups is 4. The van der Waals surface area contributed by atoms with Gasteiger partial charge in [-0.1, -0.05) is 199 Å². The van der Waals surface area contributed by atoms with Crippen molar-refractivity contribution in [3.8, 4) is 0 Å². The Bertz CT molecular complexity index is 3070. The summed E-state index contributed by atoms with van der Waals surface area (Å²) in [6, 6.07) is 58.6. The SMILES string of the molecule is CC(C)(C)[Si](O[C@@H](CC(=O)NCCS(N)(=O)=O)[C@@H]1CC[C@H]1COC(=O)c1ccccc1)(c1ccccc1)c1ccccc1.CC(C)(C)[Si](O[C@H](CC(=O)NCCS(N)(=O)=O)[C@@H]1CC[C@H]1COC(=O)c1ccccc1)(c1ccccc1)c1ccccc1. The molecule has 0 aromatic heterocycles. The first-order valence-corrected chi connectivity index (χ1v) is 36.6. The molecule has 0 unspecified atom stereocenters. The number of ether oxygens (including phenoxy) is 2. The third-order valence-electron chi connectivity index (χ3n) is 16.5. The Labute approximate surface area is 510 Å². The number of benzene rings is 6. The Morgan fingerprint density at radius 1 is 0.453 bits per heavy atom. The van der Waals surface area contributed by atoms with Crippen molar-refractivity contribution < 1.29 is 54.3 Å². The van der Waals surface area contributed by atoms with E-state index < -0.39 is 48.9 Å². The lowest BCUT2D eigenvalue weighted by atomic mass is 9.70. The van der Waals surface area contributed by atoms with Gasteiger partial charge in [0.1, 0.15) is 0 Å². The van der Waals surface area contributed by atoms with Crippen LogP contribution in [0.4, 0.5) is 0 Å². The highest BCUT2D eigenvalue weighted by atomic mass is 32.2. The molecule has 0 heterocycles. The molecule has 8 rings (SSSR count). The number of hydrogen-bond donors (Lipinski definition) is 4. The molecule has 6 aromatic carbocycles. The molecule has 2 saturated carbocycles. The lowest BCUT2D eigenvalue weighted by Gasteiger charge is -2.49. The molecule has 2 fully saturated rings. The van der Waals surface area contributed by atoms with Crippen LogP contribution in [-0.4, -0.2) is 107 Å². The molecule has 0 saturated heterocycles. The van der Waals surface area contributed by atoms with E-state index in [4.69, 9.17) is 28.6 Å². The maximum absolute atomic E-state index is 13.3. The second-order valence-electron chi connectivity index (χ2n) is 24.4. The standard InChI is InChI=1S/2C33H42N2O6SSi/c2*1-33(2,3)43(27-15-9-5-10-16-27,28-17-11-6-12-18-28)41-30(23-31(36)35-21-22-42(34,38)39)29-20-19-26(29)24-40-32(37)25-13-7-4-8-14-25/h2*4-18,26,29-30H,19-24H2,1-3H3,(H,35,36)(H2,34,38,39)/t26-,29+,30+;26-,29+,30-/m00/s1. The Balaban J connectivity index is 0.000000246. The number of nitrogens with one attached hydrogen (secondary N) is 2. The van der Waals surface area contributed by atoms with E-state index in [2.05, 4.69) is 101 Å². The van der Waals surface area contributed by atoms with Crippen LogP contribution in [0.15, 0.2) is 182 Å². The van der Waals surface area contributed by atoms with Crippen LogP contribution < -0.4 is 41.7 Å². The smallest absolute Gasteiger partial charge is 0.338 e. The number of nitrogens with two attached hydrogens (primary N) is 2. The lowest BCUT2D eigenvalue weighted by molar-refractivity contribution is -0.125. The number of hydrogen-bond acceptors (Lipinski definition) is 12. The monoisotopic (exact) mass is 1240 g/mol. The highest BCUT2D eigenvalue weighted by Crippen LogP contribution is 2.46. The molecule has 2 aliphatic rings. The summed E-state index contributed by atoms with van der Waals surface area (Å²) in [6.45, 7) is 13.4. The number of amides is 2. The van der Waals surface area contributed by atoms with Gasteiger partial charge in [-0.25, -0.2) is 36.7 Å². The fourth-order valence-corrected chi connectivity index (χ4v) is 22.1. The van der Waals surface area contributed by atoms with Gasteiger partial charge in [0.25, 0.3) is 16.6 Å². The van der Waals surface area contributed by atoms with Crippen molar-refractivity contribution in [1.82, 2.24) is 10.6 Å². The molecule has 0 radical (unpaired) electrons. The zero-order valence-corrected chi connectivity index (χ0v) is 53.8. The number of carbonyl (C=O) groups excluding carboxylic acids is 4. The zero-order chi connectivity index (χ0) is 62.2.